The quantitative estimate of drug-likeness (QED) is 0.865. The molecule has 1 nitrogen and oxygen atoms in total. The minimum absolute atomic E-state index is 0.00106. The van der Waals surface area contributed by atoms with Crippen molar-refractivity contribution in [2.24, 2.45) is 0 Å². The monoisotopic (exact) mass is 327 g/mol. The summed E-state index contributed by atoms with van der Waals surface area (Å²) in [7, 11) is 0. The van der Waals surface area contributed by atoms with Crippen LogP contribution in [0.1, 0.15) is 35.7 Å². The van der Waals surface area contributed by atoms with E-state index in [1.165, 1.54) is 10.4 Å². The zero-order valence-electron chi connectivity index (χ0n) is 9.11. The molecule has 0 bridgehead atoms. The van der Waals surface area contributed by atoms with Crippen molar-refractivity contribution in [2.45, 2.75) is 37.9 Å². The number of alkyl halides is 3. The van der Waals surface area contributed by atoms with Crippen LogP contribution in [0.25, 0.3) is 0 Å². The molecule has 0 amide bonds. The second-order valence-electron chi connectivity index (χ2n) is 4.19. The van der Waals surface area contributed by atoms with Crippen LogP contribution >= 0.6 is 27.3 Å². The molecule has 1 aromatic heterocycles. The van der Waals surface area contributed by atoms with Crippen LogP contribution in [-0.2, 0) is 6.42 Å². The number of hydrogen-bond donors (Lipinski definition) is 1. The first-order valence-corrected chi connectivity index (χ1v) is 7.15. The van der Waals surface area contributed by atoms with Crippen LogP contribution in [0.5, 0.6) is 0 Å². The average molecular weight is 328 g/mol. The van der Waals surface area contributed by atoms with Crippen LogP contribution in [0.2, 0.25) is 0 Å². The molecule has 0 fully saturated rings. The molecule has 1 unspecified atom stereocenters. The molecular formula is C11H13BrF3NS. The number of thiophene rings is 1. The zero-order valence-corrected chi connectivity index (χ0v) is 11.5. The van der Waals surface area contributed by atoms with E-state index in [1.807, 2.05) is 6.07 Å². The van der Waals surface area contributed by atoms with Crippen molar-refractivity contribution in [1.29, 1.82) is 0 Å². The van der Waals surface area contributed by atoms with Crippen LogP contribution in [0.3, 0.4) is 0 Å². The molecule has 0 saturated heterocycles. The van der Waals surface area contributed by atoms with Crippen molar-refractivity contribution in [1.82, 2.24) is 5.32 Å². The highest BCUT2D eigenvalue weighted by molar-refractivity contribution is 9.11. The largest absolute Gasteiger partial charge is 0.390 e. The Bertz CT molecular complexity index is 389. The summed E-state index contributed by atoms with van der Waals surface area (Å²) in [4.78, 5) is 1.30. The lowest BCUT2D eigenvalue weighted by Crippen LogP contribution is -2.28. The molecule has 6 heteroatoms. The number of nitrogens with one attached hydrogen (secondary N) is 1. The van der Waals surface area contributed by atoms with Crippen molar-refractivity contribution in [3.63, 3.8) is 0 Å². The van der Waals surface area contributed by atoms with Gasteiger partial charge in [0.2, 0.25) is 0 Å². The fourth-order valence-electron chi connectivity index (χ4n) is 2.12. The van der Waals surface area contributed by atoms with Crippen molar-refractivity contribution >= 4 is 27.3 Å². The molecule has 96 valence electrons. The van der Waals surface area contributed by atoms with Gasteiger partial charge in [0.05, 0.1) is 10.2 Å². The molecule has 1 N–H and O–H groups in total. The maximum atomic E-state index is 12.1. The Kier molecular flexibility index (Phi) is 4.15. The van der Waals surface area contributed by atoms with E-state index in [-0.39, 0.29) is 12.6 Å². The fourth-order valence-corrected chi connectivity index (χ4v) is 3.94. The first kappa shape index (κ1) is 13.4. The Morgan fingerprint density at radius 1 is 1.47 bits per heavy atom. The van der Waals surface area contributed by atoms with Crippen LogP contribution in [0.4, 0.5) is 13.2 Å². The van der Waals surface area contributed by atoms with Gasteiger partial charge in [-0.15, -0.1) is 11.3 Å². The highest BCUT2D eigenvalue weighted by Crippen LogP contribution is 2.38. The summed E-state index contributed by atoms with van der Waals surface area (Å²) in [5, 5.41) is 3.01. The Hall–Kier alpha value is -0.0700. The SMILES string of the molecule is FC(F)(F)CCNC1CCCc2sc(Br)cc21. The topological polar surface area (TPSA) is 12.0 Å². The molecule has 1 aliphatic carbocycles. The van der Waals surface area contributed by atoms with Gasteiger partial charge in [0, 0.05) is 17.5 Å². The maximum Gasteiger partial charge on any atom is 0.390 e. The second-order valence-corrected chi connectivity index (χ2v) is 6.71. The second kappa shape index (κ2) is 5.28. The molecule has 0 aromatic carbocycles. The average Bonchev–Trinajstić information content (AvgIpc) is 2.57. The van der Waals surface area contributed by atoms with Gasteiger partial charge in [0.15, 0.2) is 0 Å². The number of aryl methyl sites for hydroxylation is 1. The highest BCUT2D eigenvalue weighted by atomic mass is 79.9. The van der Waals surface area contributed by atoms with Gasteiger partial charge in [0.1, 0.15) is 0 Å². The normalized spacial score (nSPS) is 20.4. The van der Waals surface area contributed by atoms with Crippen molar-refractivity contribution in [2.75, 3.05) is 6.54 Å². The standard InChI is InChI=1S/C11H13BrF3NS/c12-10-6-7-8(2-1-3-9(7)17-10)16-5-4-11(13,14)15/h6,8,16H,1-5H2. The van der Waals surface area contributed by atoms with Crippen LogP contribution < -0.4 is 5.32 Å². The molecule has 1 aliphatic rings. The van der Waals surface area contributed by atoms with E-state index in [4.69, 9.17) is 0 Å². The predicted molar refractivity (Wildman–Crippen MR) is 66.4 cm³/mol. The number of halogens is 4. The molecular weight excluding hydrogens is 315 g/mol. The van der Waals surface area contributed by atoms with E-state index in [0.717, 1.165) is 23.0 Å². The summed E-state index contributed by atoms with van der Waals surface area (Å²) in [5.41, 5.74) is 1.18. The van der Waals surface area contributed by atoms with Gasteiger partial charge in [0.25, 0.3) is 0 Å². The number of fused-ring (bicyclic) bond motifs is 1. The summed E-state index contributed by atoms with van der Waals surface area (Å²) in [6, 6.07) is 2.12. The lowest BCUT2D eigenvalue weighted by Gasteiger charge is -2.24. The molecule has 17 heavy (non-hydrogen) atoms. The smallest absolute Gasteiger partial charge is 0.310 e. The summed E-state index contributed by atoms with van der Waals surface area (Å²) < 4.78 is 37.3. The summed E-state index contributed by atoms with van der Waals surface area (Å²) in [6.07, 6.45) is -1.81. The van der Waals surface area contributed by atoms with Gasteiger partial charge < -0.3 is 5.32 Å². The molecule has 0 radical (unpaired) electrons. The number of rotatable bonds is 3. The van der Waals surface area contributed by atoms with Gasteiger partial charge in [-0.05, 0) is 46.8 Å². The minimum Gasteiger partial charge on any atom is -0.310 e. The lowest BCUT2D eigenvalue weighted by molar-refractivity contribution is -0.133. The third-order valence-electron chi connectivity index (χ3n) is 2.88. The Balaban J connectivity index is 1.94. The van der Waals surface area contributed by atoms with Crippen molar-refractivity contribution in [3.05, 3.63) is 20.3 Å². The predicted octanol–water partition coefficient (Wildman–Crippen LogP) is 4.43. The van der Waals surface area contributed by atoms with Gasteiger partial charge >= 0.3 is 6.18 Å². The minimum atomic E-state index is -4.07. The molecule has 1 heterocycles. The van der Waals surface area contributed by atoms with Crippen LogP contribution in [0, 0.1) is 0 Å². The maximum absolute atomic E-state index is 12.1. The van der Waals surface area contributed by atoms with Crippen LogP contribution in [-0.4, -0.2) is 12.7 Å². The van der Waals surface area contributed by atoms with E-state index < -0.39 is 12.6 Å². The summed E-state index contributed by atoms with van der Waals surface area (Å²) in [5.74, 6) is 0. The Labute approximate surface area is 111 Å². The third kappa shape index (κ3) is 3.69. The summed E-state index contributed by atoms with van der Waals surface area (Å²) >= 11 is 5.12. The highest BCUT2D eigenvalue weighted by Gasteiger charge is 2.28. The van der Waals surface area contributed by atoms with Crippen LogP contribution in [0.15, 0.2) is 9.85 Å². The van der Waals surface area contributed by atoms with Gasteiger partial charge in [-0.25, -0.2) is 0 Å². The first-order valence-electron chi connectivity index (χ1n) is 5.54. The van der Waals surface area contributed by atoms with E-state index in [0.29, 0.717) is 0 Å². The van der Waals surface area contributed by atoms with Gasteiger partial charge in [-0.3, -0.25) is 0 Å². The zero-order chi connectivity index (χ0) is 12.5. The van der Waals surface area contributed by atoms with E-state index in [2.05, 4.69) is 21.2 Å². The van der Waals surface area contributed by atoms with E-state index >= 15 is 0 Å². The third-order valence-corrected chi connectivity index (χ3v) is 4.60. The molecule has 0 aliphatic heterocycles. The van der Waals surface area contributed by atoms with Crippen molar-refractivity contribution < 1.29 is 13.2 Å². The number of hydrogen-bond acceptors (Lipinski definition) is 2. The molecule has 2 rings (SSSR count). The summed E-state index contributed by atoms with van der Waals surface area (Å²) in [6.45, 7) is 0.00106. The fraction of sp³-hybridized carbons (Fsp3) is 0.636. The Morgan fingerprint density at radius 2 is 2.24 bits per heavy atom. The van der Waals surface area contributed by atoms with Crippen molar-refractivity contribution in [3.8, 4) is 0 Å². The molecule has 1 aromatic rings. The molecule has 1 atom stereocenters. The van der Waals surface area contributed by atoms with Gasteiger partial charge in [-0.2, -0.15) is 13.2 Å². The Morgan fingerprint density at radius 3 is 2.94 bits per heavy atom. The van der Waals surface area contributed by atoms with Gasteiger partial charge in [-0.1, -0.05) is 0 Å². The lowest BCUT2D eigenvalue weighted by atomic mass is 9.94. The molecule has 0 saturated carbocycles. The first-order chi connectivity index (χ1) is 7.96. The van der Waals surface area contributed by atoms with E-state index in [1.54, 1.807) is 11.3 Å². The molecule has 0 spiro atoms. The van der Waals surface area contributed by atoms with E-state index in [9.17, 15) is 13.2 Å².